The van der Waals surface area contributed by atoms with E-state index < -0.39 is 0 Å². The highest BCUT2D eigenvalue weighted by Gasteiger charge is 2.35. The van der Waals surface area contributed by atoms with Crippen LogP contribution in [0.2, 0.25) is 0 Å². The van der Waals surface area contributed by atoms with Crippen LogP contribution < -0.4 is 5.32 Å². The molecule has 2 heterocycles. The number of nitrogens with zero attached hydrogens (tertiary/aromatic N) is 2. The van der Waals surface area contributed by atoms with Gasteiger partial charge in [-0.25, -0.2) is 0 Å². The number of nitrogens with one attached hydrogen (secondary N) is 1. The van der Waals surface area contributed by atoms with Crippen molar-refractivity contribution in [1.29, 1.82) is 0 Å². The van der Waals surface area contributed by atoms with Crippen molar-refractivity contribution in [2.24, 2.45) is 5.92 Å². The van der Waals surface area contributed by atoms with Gasteiger partial charge in [0.05, 0.1) is 11.1 Å². The van der Waals surface area contributed by atoms with Crippen LogP contribution in [-0.2, 0) is 4.79 Å². The molecule has 1 fully saturated rings. The lowest BCUT2D eigenvalue weighted by Gasteiger charge is -2.31. The standard InChI is InChI=1S/C20H27N3O3/c1-14(2)17(22-10-5-6-11-22)13-21-18(24)9-12-23-19(25)15-7-3-4-8-16(15)20(23)26/h3-4,7-8,14,17H,5-6,9-13H2,1-2H3,(H,21,24). The predicted molar refractivity (Wildman–Crippen MR) is 98.9 cm³/mol. The molecule has 1 aromatic carbocycles. The van der Waals surface area contributed by atoms with Gasteiger partial charge < -0.3 is 5.32 Å². The summed E-state index contributed by atoms with van der Waals surface area (Å²) in [4.78, 5) is 40.5. The van der Waals surface area contributed by atoms with Gasteiger partial charge >= 0.3 is 0 Å². The molecule has 6 heteroatoms. The highest BCUT2D eigenvalue weighted by molar-refractivity contribution is 6.21. The first-order valence-electron chi connectivity index (χ1n) is 9.45. The van der Waals surface area contributed by atoms with E-state index >= 15 is 0 Å². The summed E-state index contributed by atoms with van der Waals surface area (Å²) in [5.41, 5.74) is 0.846. The molecule has 1 saturated heterocycles. The molecule has 3 rings (SSSR count). The van der Waals surface area contributed by atoms with Crippen molar-refractivity contribution in [2.75, 3.05) is 26.2 Å². The van der Waals surface area contributed by atoms with Gasteiger partial charge in [0.15, 0.2) is 0 Å². The molecule has 1 atom stereocenters. The Labute approximate surface area is 154 Å². The fraction of sp³-hybridized carbons (Fsp3) is 0.550. The van der Waals surface area contributed by atoms with Gasteiger partial charge in [-0.2, -0.15) is 0 Å². The number of hydrogen-bond donors (Lipinski definition) is 1. The number of hydrogen-bond acceptors (Lipinski definition) is 4. The number of imide groups is 1. The van der Waals surface area contributed by atoms with Gasteiger partial charge in [0.2, 0.25) is 5.91 Å². The summed E-state index contributed by atoms with van der Waals surface area (Å²) in [6, 6.07) is 7.12. The van der Waals surface area contributed by atoms with Gasteiger partial charge in [0.25, 0.3) is 11.8 Å². The summed E-state index contributed by atoms with van der Waals surface area (Å²) < 4.78 is 0. The van der Waals surface area contributed by atoms with Gasteiger partial charge in [-0.15, -0.1) is 0 Å². The first kappa shape index (κ1) is 18.6. The molecule has 0 aliphatic carbocycles. The number of carbonyl (C=O) groups excluding carboxylic acids is 3. The minimum atomic E-state index is -0.310. The van der Waals surface area contributed by atoms with Crippen molar-refractivity contribution < 1.29 is 14.4 Å². The van der Waals surface area contributed by atoms with Crippen LogP contribution in [0.5, 0.6) is 0 Å². The molecule has 0 spiro atoms. The van der Waals surface area contributed by atoms with Crippen molar-refractivity contribution >= 4 is 17.7 Å². The highest BCUT2D eigenvalue weighted by Crippen LogP contribution is 2.22. The van der Waals surface area contributed by atoms with E-state index in [1.165, 1.54) is 17.7 Å². The molecule has 0 aromatic heterocycles. The van der Waals surface area contributed by atoms with E-state index in [0.29, 0.717) is 29.6 Å². The van der Waals surface area contributed by atoms with E-state index in [1.807, 2.05) is 0 Å². The van der Waals surface area contributed by atoms with Crippen molar-refractivity contribution in [3.05, 3.63) is 35.4 Å². The molecule has 26 heavy (non-hydrogen) atoms. The molecule has 1 N–H and O–H groups in total. The van der Waals surface area contributed by atoms with Crippen LogP contribution in [0.15, 0.2) is 24.3 Å². The lowest BCUT2D eigenvalue weighted by atomic mass is 10.0. The molecule has 2 aliphatic rings. The molecule has 3 amide bonds. The molecule has 1 unspecified atom stereocenters. The van der Waals surface area contributed by atoms with E-state index in [4.69, 9.17) is 0 Å². The number of rotatable bonds is 7. The van der Waals surface area contributed by atoms with Crippen molar-refractivity contribution in [3.8, 4) is 0 Å². The average Bonchev–Trinajstić information content (AvgIpc) is 3.22. The normalized spacial score (nSPS) is 18.5. The van der Waals surface area contributed by atoms with Crippen molar-refractivity contribution in [2.45, 2.75) is 39.2 Å². The van der Waals surface area contributed by atoms with Gasteiger partial charge in [-0.1, -0.05) is 26.0 Å². The molecule has 140 valence electrons. The van der Waals surface area contributed by atoms with Crippen LogP contribution in [0.4, 0.5) is 0 Å². The molecule has 0 radical (unpaired) electrons. The Morgan fingerprint density at radius 2 is 1.65 bits per heavy atom. The molecule has 0 bridgehead atoms. The van der Waals surface area contributed by atoms with Crippen LogP contribution in [-0.4, -0.2) is 59.7 Å². The Hall–Kier alpha value is -2.21. The number of likely N-dealkylation sites (tertiary alicyclic amines) is 1. The molecule has 6 nitrogen and oxygen atoms in total. The van der Waals surface area contributed by atoms with Crippen LogP contribution in [0, 0.1) is 5.92 Å². The SMILES string of the molecule is CC(C)C(CNC(=O)CCN1C(=O)c2ccccc2C1=O)N1CCCC1. The predicted octanol–water partition coefficient (Wildman–Crippen LogP) is 1.91. The van der Waals surface area contributed by atoms with Gasteiger partial charge in [0, 0.05) is 25.6 Å². The molecule has 0 saturated carbocycles. The van der Waals surface area contributed by atoms with E-state index in [0.717, 1.165) is 13.1 Å². The fourth-order valence-electron chi connectivity index (χ4n) is 3.82. The Balaban J connectivity index is 1.50. The zero-order chi connectivity index (χ0) is 18.7. The third kappa shape index (κ3) is 3.80. The zero-order valence-corrected chi connectivity index (χ0v) is 15.5. The Bertz CT molecular complexity index is 660. The smallest absolute Gasteiger partial charge is 0.261 e. The van der Waals surface area contributed by atoms with E-state index in [1.54, 1.807) is 24.3 Å². The summed E-state index contributed by atoms with van der Waals surface area (Å²) in [5, 5.41) is 2.99. The van der Waals surface area contributed by atoms with E-state index in [9.17, 15) is 14.4 Å². The van der Waals surface area contributed by atoms with Gasteiger partial charge in [0.1, 0.15) is 0 Å². The number of benzene rings is 1. The summed E-state index contributed by atoms with van der Waals surface area (Å²) >= 11 is 0. The van der Waals surface area contributed by atoms with Crippen molar-refractivity contribution in [3.63, 3.8) is 0 Å². The summed E-state index contributed by atoms with van der Waals surface area (Å²) in [7, 11) is 0. The largest absolute Gasteiger partial charge is 0.354 e. The maximum atomic E-state index is 12.3. The third-order valence-electron chi connectivity index (χ3n) is 5.33. The Morgan fingerprint density at radius 3 is 2.19 bits per heavy atom. The van der Waals surface area contributed by atoms with Crippen LogP contribution >= 0.6 is 0 Å². The first-order valence-corrected chi connectivity index (χ1v) is 9.45. The molecule has 1 aromatic rings. The number of fused-ring (bicyclic) bond motifs is 1. The minimum Gasteiger partial charge on any atom is -0.354 e. The third-order valence-corrected chi connectivity index (χ3v) is 5.33. The molecule has 2 aliphatic heterocycles. The lowest BCUT2D eigenvalue weighted by molar-refractivity contribution is -0.121. The van der Waals surface area contributed by atoms with E-state index in [-0.39, 0.29) is 30.7 Å². The molecular weight excluding hydrogens is 330 g/mol. The fourth-order valence-corrected chi connectivity index (χ4v) is 3.82. The second-order valence-electron chi connectivity index (χ2n) is 7.42. The Morgan fingerprint density at radius 1 is 1.08 bits per heavy atom. The highest BCUT2D eigenvalue weighted by atomic mass is 16.2. The monoisotopic (exact) mass is 357 g/mol. The second-order valence-corrected chi connectivity index (χ2v) is 7.42. The maximum Gasteiger partial charge on any atom is 0.261 e. The van der Waals surface area contributed by atoms with E-state index in [2.05, 4.69) is 24.1 Å². The average molecular weight is 357 g/mol. The summed E-state index contributed by atoms with van der Waals surface area (Å²) in [6.07, 6.45) is 2.57. The van der Waals surface area contributed by atoms with Gasteiger partial charge in [-0.05, 0) is 44.0 Å². The molecular formula is C20H27N3O3. The number of carbonyl (C=O) groups is 3. The van der Waals surface area contributed by atoms with Crippen LogP contribution in [0.1, 0.15) is 53.8 Å². The minimum absolute atomic E-state index is 0.119. The summed E-state index contributed by atoms with van der Waals surface area (Å²) in [6.45, 7) is 7.26. The van der Waals surface area contributed by atoms with Crippen LogP contribution in [0.25, 0.3) is 0 Å². The first-order chi connectivity index (χ1) is 12.5. The maximum absolute atomic E-state index is 12.3. The zero-order valence-electron chi connectivity index (χ0n) is 15.5. The quantitative estimate of drug-likeness (QED) is 0.757. The van der Waals surface area contributed by atoms with Crippen molar-refractivity contribution in [1.82, 2.24) is 15.1 Å². The Kier molecular flexibility index (Phi) is 5.71. The number of amides is 3. The lowest BCUT2D eigenvalue weighted by Crippen LogP contribution is -2.46. The van der Waals surface area contributed by atoms with Gasteiger partial charge in [-0.3, -0.25) is 24.2 Å². The van der Waals surface area contributed by atoms with Crippen LogP contribution in [0.3, 0.4) is 0 Å². The summed E-state index contributed by atoms with van der Waals surface area (Å²) in [5.74, 6) is -0.276. The topological polar surface area (TPSA) is 69.7 Å². The second kappa shape index (κ2) is 7.99.